The minimum atomic E-state index is -1.06. The molecule has 0 aliphatic heterocycles. The number of nitrogens with zero attached hydrogens (tertiary/aromatic N) is 6. The van der Waals surface area contributed by atoms with Crippen LogP contribution in [0.3, 0.4) is 0 Å². The summed E-state index contributed by atoms with van der Waals surface area (Å²) < 4.78 is 16.3. The second kappa shape index (κ2) is 14.6. The van der Waals surface area contributed by atoms with Gasteiger partial charge in [-0.2, -0.15) is 10.4 Å². The zero-order chi connectivity index (χ0) is 31.0. The molecule has 13 nitrogen and oxygen atoms in total. The molecule has 2 amide bonds. The van der Waals surface area contributed by atoms with Gasteiger partial charge in [0.15, 0.2) is 10.9 Å². The fraction of sp³-hybridized carbons (Fsp3) is 0.308. The van der Waals surface area contributed by atoms with E-state index in [1.165, 1.54) is 12.1 Å². The van der Waals surface area contributed by atoms with Gasteiger partial charge in [0.25, 0.3) is 5.91 Å². The van der Waals surface area contributed by atoms with Gasteiger partial charge in [-0.15, -0.1) is 20.4 Å². The fourth-order valence-electron chi connectivity index (χ4n) is 3.24. The Morgan fingerprint density at radius 1 is 0.929 bits per heavy atom. The number of carbonyl (C=O) groups is 2. The zero-order valence-corrected chi connectivity index (χ0v) is 25.3. The molecular formula is C26H25Cl3N8O5. The third-order valence-corrected chi connectivity index (χ3v) is 6.13. The molecular weight excluding hydrogens is 611 g/mol. The predicted octanol–water partition coefficient (Wildman–Crippen LogP) is 6.62. The number of halogens is 3. The van der Waals surface area contributed by atoms with Crippen LogP contribution in [0, 0.1) is 11.3 Å². The van der Waals surface area contributed by atoms with Crippen LogP contribution < -0.4 is 20.2 Å². The van der Waals surface area contributed by atoms with E-state index >= 15 is 0 Å². The van der Waals surface area contributed by atoms with Crippen LogP contribution in [0.4, 0.5) is 10.5 Å². The summed E-state index contributed by atoms with van der Waals surface area (Å²) in [5.74, 6) is -0.433. The van der Waals surface area contributed by atoms with Gasteiger partial charge in [-0.1, -0.05) is 62.5 Å². The van der Waals surface area contributed by atoms with Crippen LogP contribution in [0.25, 0.3) is 0 Å². The molecule has 3 aromatic rings. The third-order valence-electron chi connectivity index (χ3n) is 5.28. The SMILES string of the molecule is CCOC(=O)NC(=O)/C(C#N)=N/Nc1cc(Cl)c(Oc2cc(C(C)C)c(Oc3cc(C(C)C)c(Cl)nn3)nn2)c(Cl)c1. The van der Waals surface area contributed by atoms with E-state index in [1.54, 1.807) is 25.1 Å². The average molecular weight is 636 g/mol. The maximum atomic E-state index is 12.0. The van der Waals surface area contributed by atoms with E-state index in [-0.39, 0.29) is 57.6 Å². The number of imide groups is 1. The molecule has 0 unspecified atom stereocenters. The molecule has 0 radical (unpaired) electrons. The fourth-order valence-corrected chi connectivity index (χ4v) is 4.11. The summed E-state index contributed by atoms with van der Waals surface area (Å²) in [6, 6.07) is 7.69. The van der Waals surface area contributed by atoms with Gasteiger partial charge < -0.3 is 14.2 Å². The van der Waals surface area contributed by atoms with E-state index in [0.717, 1.165) is 5.56 Å². The summed E-state index contributed by atoms with van der Waals surface area (Å²) in [5.41, 5.74) is 3.50. The van der Waals surface area contributed by atoms with Crippen LogP contribution in [-0.2, 0) is 9.53 Å². The lowest BCUT2D eigenvalue weighted by molar-refractivity contribution is -0.114. The van der Waals surface area contributed by atoms with Crippen molar-refractivity contribution < 1.29 is 23.8 Å². The molecule has 0 saturated carbocycles. The van der Waals surface area contributed by atoms with Crippen molar-refractivity contribution in [3.63, 3.8) is 0 Å². The standard InChI is InChI=1S/C26H25Cl3N8O5/c1-6-40-26(39)31-24(38)19(11-30)33-32-14-7-17(27)22(18(28)8-14)41-20-10-16(13(4)5)25(37-35-20)42-21-9-15(12(2)3)23(29)36-34-21/h7-10,12-13,32H,6H2,1-5H3,(H,31,38,39)/b33-19+. The number of benzene rings is 1. The maximum absolute atomic E-state index is 12.0. The van der Waals surface area contributed by atoms with Gasteiger partial charge in [-0.05, 0) is 36.5 Å². The van der Waals surface area contributed by atoms with Gasteiger partial charge in [0.05, 0.1) is 22.3 Å². The number of anilines is 1. The summed E-state index contributed by atoms with van der Waals surface area (Å²) in [4.78, 5) is 23.4. The lowest BCUT2D eigenvalue weighted by Gasteiger charge is -2.15. The third kappa shape index (κ3) is 8.39. The van der Waals surface area contributed by atoms with Crippen molar-refractivity contribution >= 4 is 58.2 Å². The Morgan fingerprint density at radius 3 is 2.12 bits per heavy atom. The molecule has 0 aliphatic carbocycles. The van der Waals surface area contributed by atoms with Crippen molar-refractivity contribution in [1.29, 1.82) is 5.26 Å². The lowest BCUT2D eigenvalue weighted by atomic mass is 10.1. The number of ether oxygens (including phenoxy) is 3. The summed E-state index contributed by atoms with van der Waals surface area (Å²) in [6.45, 7) is 9.42. The van der Waals surface area contributed by atoms with Crippen LogP contribution in [0.1, 0.15) is 57.6 Å². The number of carbonyl (C=O) groups excluding carboxylic acids is 2. The number of rotatable bonds is 10. The summed E-state index contributed by atoms with van der Waals surface area (Å²) in [6.07, 6.45) is -1.01. The van der Waals surface area contributed by atoms with Crippen molar-refractivity contribution in [1.82, 2.24) is 25.7 Å². The Kier molecular flexibility index (Phi) is 11.2. The Balaban J connectivity index is 1.80. The summed E-state index contributed by atoms with van der Waals surface area (Å²) in [7, 11) is 0. The molecule has 0 aliphatic rings. The highest BCUT2D eigenvalue weighted by Crippen LogP contribution is 2.39. The molecule has 0 atom stereocenters. The number of aromatic nitrogens is 4. The minimum absolute atomic E-state index is 0.0436. The second-order valence-corrected chi connectivity index (χ2v) is 10.2. The number of alkyl carbamates (subject to hydrolysis) is 1. The van der Waals surface area contributed by atoms with Gasteiger partial charge in [0.1, 0.15) is 6.07 Å². The molecule has 0 spiro atoms. The van der Waals surface area contributed by atoms with E-state index in [1.807, 2.05) is 33.0 Å². The zero-order valence-electron chi connectivity index (χ0n) is 23.0. The molecule has 2 heterocycles. The molecule has 0 saturated heterocycles. The maximum Gasteiger partial charge on any atom is 0.414 e. The molecule has 42 heavy (non-hydrogen) atoms. The van der Waals surface area contributed by atoms with Gasteiger partial charge in [-0.25, -0.2) is 4.79 Å². The molecule has 3 rings (SSSR count). The molecule has 0 fully saturated rings. The number of nitriles is 1. The topological polar surface area (TPSA) is 174 Å². The van der Waals surface area contributed by atoms with Crippen LogP contribution in [0.15, 0.2) is 29.4 Å². The monoisotopic (exact) mass is 634 g/mol. The highest BCUT2D eigenvalue weighted by atomic mass is 35.5. The van der Waals surface area contributed by atoms with Crippen LogP contribution in [0.5, 0.6) is 23.4 Å². The predicted molar refractivity (Wildman–Crippen MR) is 156 cm³/mol. The van der Waals surface area contributed by atoms with Crippen LogP contribution in [-0.4, -0.2) is 44.7 Å². The van der Waals surface area contributed by atoms with Gasteiger partial charge in [0, 0.05) is 17.7 Å². The van der Waals surface area contributed by atoms with E-state index in [2.05, 4.69) is 35.7 Å². The number of hydrogen-bond acceptors (Lipinski definition) is 12. The van der Waals surface area contributed by atoms with Crippen LogP contribution in [0.2, 0.25) is 15.2 Å². The van der Waals surface area contributed by atoms with Crippen molar-refractivity contribution in [2.75, 3.05) is 12.0 Å². The Hall–Kier alpha value is -4.25. The number of hydrazone groups is 1. The lowest BCUT2D eigenvalue weighted by Crippen LogP contribution is -2.36. The first kappa shape index (κ1) is 32.3. The molecule has 0 bridgehead atoms. The second-order valence-electron chi connectivity index (χ2n) is 9.01. The van der Waals surface area contributed by atoms with E-state index < -0.39 is 17.7 Å². The highest BCUT2D eigenvalue weighted by Gasteiger charge is 2.19. The number of amides is 2. The Morgan fingerprint density at radius 2 is 1.52 bits per heavy atom. The van der Waals surface area contributed by atoms with Gasteiger partial charge in [0.2, 0.25) is 23.4 Å². The van der Waals surface area contributed by atoms with Gasteiger partial charge >= 0.3 is 6.09 Å². The Labute approximate surface area is 256 Å². The smallest absolute Gasteiger partial charge is 0.414 e. The number of nitrogens with one attached hydrogen (secondary N) is 2. The molecule has 1 aromatic carbocycles. The molecule has 2 N–H and O–H groups in total. The largest absolute Gasteiger partial charge is 0.450 e. The van der Waals surface area contributed by atoms with E-state index in [4.69, 9.17) is 44.3 Å². The van der Waals surface area contributed by atoms with E-state index in [0.29, 0.717) is 10.7 Å². The normalized spacial score (nSPS) is 11.2. The van der Waals surface area contributed by atoms with Crippen molar-refractivity contribution in [3.05, 3.63) is 50.6 Å². The van der Waals surface area contributed by atoms with Gasteiger partial charge in [-0.3, -0.25) is 15.5 Å². The quantitative estimate of drug-likeness (QED) is 0.181. The first-order valence-corrected chi connectivity index (χ1v) is 13.5. The first-order chi connectivity index (χ1) is 19.9. The molecule has 2 aromatic heterocycles. The minimum Gasteiger partial charge on any atom is -0.450 e. The molecule has 16 heteroatoms. The molecule has 220 valence electrons. The Bertz CT molecular complexity index is 1540. The van der Waals surface area contributed by atoms with Crippen molar-refractivity contribution in [2.45, 2.75) is 46.5 Å². The summed E-state index contributed by atoms with van der Waals surface area (Å²) in [5, 5.41) is 31.3. The van der Waals surface area contributed by atoms with Crippen molar-refractivity contribution in [3.8, 4) is 29.5 Å². The van der Waals surface area contributed by atoms with Crippen LogP contribution >= 0.6 is 34.8 Å². The van der Waals surface area contributed by atoms with Crippen molar-refractivity contribution in [2.24, 2.45) is 5.10 Å². The summed E-state index contributed by atoms with van der Waals surface area (Å²) >= 11 is 18.9. The average Bonchev–Trinajstić information content (AvgIpc) is 2.92. The first-order valence-electron chi connectivity index (χ1n) is 12.4. The highest BCUT2D eigenvalue weighted by molar-refractivity contribution is 6.47. The number of hydrogen-bond donors (Lipinski definition) is 2. The van der Waals surface area contributed by atoms with E-state index in [9.17, 15) is 14.9 Å².